The van der Waals surface area contributed by atoms with Gasteiger partial charge in [-0.2, -0.15) is 0 Å². The summed E-state index contributed by atoms with van der Waals surface area (Å²) in [7, 11) is 0. The molecule has 10 heavy (non-hydrogen) atoms. The summed E-state index contributed by atoms with van der Waals surface area (Å²) in [6.07, 6.45) is 1.42. The molecule has 0 aromatic carbocycles. The van der Waals surface area contributed by atoms with E-state index in [1.54, 1.807) is 0 Å². The molecule has 1 heterocycles. The van der Waals surface area contributed by atoms with E-state index in [1.165, 1.54) is 10.3 Å². The first-order chi connectivity index (χ1) is 4.61. The molecule has 0 saturated heterocycles. The molecule has 54 valence electrons. The Morgan fingerprint density at radius 3 is 2.70 bits per heavy atom. The maximum absolute atomic E-state index is 10.5. The second-order valence-corrected chi connectivity index (χ2v) is 2.53. The lowest BCUT2D eigenvalue weighted by molar-refractivity contribution is 0.1000. The van der Waals surface area contributed by atoms with Crippen molar-refractivity contribution < 1.29 is 4.79 Å². The standard InChI is InChI=1S/C4H5N3OS2/c5-3(8)2-1-7(10)6-4(2)9/h1,10H,(H2,5,8)(H,6,9). The number of hydrogen-bond donors (Lipinski definition) is 3. The third-order valence-electron chi connectivity index (χ3n) is 0.978. The van der Waals surface area contributed by atoms with Crippen LogP contribution in [0.25, 0.3) is 0 Å². The predicted octanol–water partition coefficient (Wildman–Crippen LogP) is 0.337. The molecule has 0 aliphatic carbocycles. The van der Waals surface area contributed by atoms with E-state index in [9.17, 15) is 4.79 Å². The lowest BCUT2D eigenvalue weighted by atomic mass is 10.4. The summed E-state index contributed by atoms with van der Waals surface area (Å²) < 4.78 is 1.59. The molecular formula is C4H5N3OS2. The molecule has 1 amide bonds. The van der Waals surface area contributed by atoms with Crippen molar-refractivity contribution in [2.45, 2.75) is 0 Å². The van der Waals surface area contributed by atoms with Crippen molar-refractivity contribution in [1.82, 2.24) is 9.19 Å². The molecule has 0 radical (unpaired) electrons. The highest BCUT2D eigenvalue weighted by Crippen LogP contribution is 2.00. The van der Waals surface area contributed by atoms with E-state index in [-0.39, 0.29) is 5.56 Å². The SMILES string of the molecule is NC(=O)c1cn(S)[nH]c1=S. The topological polar surface area (TPSA) is 63.8 Å². The number of aromatic nitrogens is 2. The average molecular weight is 175 g/mol. The van der Waals surface area contributed by atoms with Crippen LogP contribution in [-0.2, 0) is 0 Å². The molecule has 3 N–H and O–H groups in total. The molecular weight excluding hydrogens is 170 g/mol. The summed E-state index contributed by atoms with van der Waals surface area (Å²) in [6.45, 7) is 0. The van der Waals surface area contributed by atoms with Gasteiger partial charge in [0.25, 0.3) is 5.91 Å². The van der Waals surface area contributed by atoms with Gasteiger partial charge in [-0.25, -0.2) is 4.09 Å². The molecule has 4 nitrogen and oxygen atoms in total. The molecule has 1 aromatic heterocycles. The first kappa shape index (κ1) is 7.36. The van der Waals surface area contributed by atoms with E-state index < -0.39 is 5.91 Å². The summed E-state index contributed by atoms with van der Waals surface area (Å²) in [5.41, 5.74) is 5.24. The van der Waals surface area contributed by atoms with Crippen molar-refractivity contribution in [3.8, 4) is 0 Å². The van der Waals surface area contributed by atoms with Gasteiger partial charge in [0.2, 0.25) is 0 Å². The van der Waals surface area contributed by atoms with Gasteiger partial charge in [0.1, 0.15) is 4.64 Å². The Balaban J connectivity index is 3.29. The monoisotopic (exact) mass is 175 g/mol. The summed E-state index contributed by atoms with van der Waals surface area (Å²) in [6, 6.07) is 0. The lowest BCUT2D eigenvalue weighted by Gasteiger charge is -1.82. The van der Waals surface area contributed by atoms with E-state index in [2.05, 4.69) is 17.9 Å². The fourth-order valence-corrected chi connectivity index (χ4v) is 1.09. The number of rotatable bonds is 1. The molecule has 1 aromatic rings. The van der Waals surface area contributed by atoms with Gasteiger partial charge >= 0.3 is 0 Å². The number of amides is 1. The largest absolute Gasteiger partial charge is 0.365 e. The normalized spacial score (nSPS) is 9.70. The fraction of sp³-hybridized carbons (Fsp3) is 0. The van der Waals surface area contributed by atoms with Crippen molar-refractivity contribution in [2.24, 2.45) is 5.73 Å². The van der Waals surface area contributed by atoms with Crippen LogP contribution in [0.2, 0.25) is 0 Å². The van der Waals surface area contributed by atoms with Gasteiger partial charge in [-0.05, 0) is 12.8 Å². The second-order valence-electron chi connectivity index (χ2n) is 1.69. The minimum atomic E-state index is -0.547. The second kappa shape index (κ2) is 2.47. The molecule has 6 heteroatoms. The van der Waals surface area contributed by atoms with Crippen LogP contribution < -0.4 is 5.73 Å². The van der Waals surface area contributed by atoms with Crippen LogP contribution in [-0.4, -0.2) is 15.1 Å². The van der Waals surface area contributed by atoms with Gasteiger partial charge in [-0.1, -0.05) is 12.2 Å². The molecule has 0 bridgehead atoms. The van der Waals surface area contributed by atoms with Crippen LogP contribution in [0, 0.1) is 4.64 Å². The maximum atomic E-state index is 10.5. The Kier molecular flexibility index (Phi) is 1.82. The predicted molar refractivity (Wildman–Crippen MR) is 42.5 cm³/mol. The molecule has 0 aliphatic heterocycles. The molecule has 0 saturated carbocycles. The molecule has 1 rings (SSSR count). The first-order valence-electron chi connectivity index (χ1n) is 2.42. The number of carbonyl (C=O) groups excluding carboxylic acids is 1. The summed E-state index contributed by atoms with van der Waals surface area (Å²) >= 11 is 8.58. The van der Waals surface area contributed by atoms with Gasteiger partial charge in [0.05, 0.1) is 5.56 Å². The Bertz CT molecular complexity index is 313. The lowest BCUT2D eigenvalue weighted by Crippen LogP contribution is -2.10. The Hall–Kier alpha value is -0.750. The van der Waals surface area contributed by atoms with E-state index in [1.807, 2.05) is 0 Å². The maximum Gasteiger partial charge on any atom is 0.253 e. The van der Waals surface area contributed by atoms with Gasteiger partial charge in [-0.3, -0.25) is 9.89 Å². The molecule has 0 unspecified atom stereocenters. The van der Waals surface area contributed by atoms with Crippen LogP contribution >= 0.6 is 25.0 Å². The third-order valence-corrected chi connectivity index (χ3v) is 1.50. The molecule has 0 fully saturated rings. The number of thiol groups is 1. The quantitative estimate of drug-likeness (QED) is 0.425. The van der Waals surface area contributed by atoms with Crippen molar-refractivity contribution >= 4 is 30.9 Å². The Morgan fingerprint density at radius 2 is 2.50 bits per heavy atom. The van der Waals surface area contributed by atoms with Crippen LogP contribution in [0.4, 0.5) is 0 Å². The van der Waals surface area contributed by atoms with Crippen LogP contribution in [0.5, 0.6) is 0 Å². The zero-order chi connectivity index (χ0) is 7.72. The van der Waals surface area contributed by atoms with Gasteiger partial charge in [-0.15, -0.1) is 0 Å². The highest BCUT2D eigenvalue weighted by atomic mass is 32.1. The van der Waals surface area contributed by atoms with Crippen LogP contribution in [0.3, 0.4) is 0 Å². The minimum absolute atomic E-state index is 0.282. The smallest absolute Gasteiger partial charge is 0.253 e. The summed E-state index contributed by atoms with van der Waals surface area (Å²) in [4.78, 5) is 10.5. The van der Waals surface area contributed by atoms with Gasteiger partial charge in [0.15, 0.2) is 0 Å². The van der Waals surface area contributed by atoms with Crippen molar-refractivity contribution in [3.05, 3.63) is 16.4 Å². The summed E-state index contributed by atoms with van der Waals surface area (Å²) in [5, 5.41) is 2.58. The zero-order valence-corrected chi connectivity index (χ0v) is 6.58. The molecule has 0 aliphatic rings. The molecule has 0 spiro atoms. The Labute approximate surface area is 67.6 Å². The fourth-order valence-electron chi connectivity index (χ4n) is 0.553. The number of H-pyrrole nitrogens is 1. The van der Waals surface area contributed by atoms with Crippen LogP contribution in [0.15, 0.2) is 6.20 Å². The zero-order valence-electron chi connectivity index (χ0n) is 4.87. The minimum Gasteiger partial charge on any atom is -0.365 e. The third kappa shape index (κ3) is 1.22. The highest BCUT2D eigenvalue weighted by Gasteiger charge is 2.03. The Morgan fingerprint density at radius 1 is 1.90 bits per heavy atom. The van der Waals surface area contributed by atoms with E-state index in [0.29, 0.717) is 4.64 Å². The van der Waals surface area contributed by atoms with Crippen molar-refractivity contribution in [1.29, 1.82) is 0 Å². The van der Waals surface area contributed by atoms with Crippen molar-refractivity contribution in [2.75, 3.05) is 0 Å². The number of nitrogens with two attached hydrogens (primary N) is 1. The number of hydrogen-bond acceptors (Lipinski definition) is 3. The average Bonchev–Trinajstić information content (AvgIpc) is 2.10. The van der Waals surface area contributed by atoms with E-state index in [0.717, 1.165) is 0 Å². The summed E-state index contributed by atoms with van der Waals surface area (Å²) in [5.74, 6) is -0.547. The number of carbonyl (C=O) groups is 1. The van der Waals surface area contributed by atoms with Gasteiger partial charge in [0, 0.05) is 6.20 Å². The number of primary amides is 1. The van der Waals surface area contributed by atoms with E-state index in [4.69, 9.17) is 18.0 Å². The highest BCUT2D eigenvalue weighted by molar-refractivity contribution is 7.78. The molecule has 0 atom stereocenters. The first-order valence-corrected chi connectivity index (χ1v) is 3.23. The van der Waals surface area contributed by atoms with E-state index >= 15 is 0 Å². The van der Waals surface area contributed by atoms with Crippen molar-refractivity contribution in [3.63, 3.8) is 0 Å². The number of nitrogens with one attached hydrogen (secondary N) is 1. The van der Waals surface area contributed by atoms with Gasteiger partial charge < -0.3 is 5.73 Å². The van der Waals surface area contributed by atoms with Crippen LogP contribution in [0.1, 0.15) is 10.4 Å². The number of aromatic amines is 1. The number of nitrogens with zero attached hydrogens (tertiary/aromatic N) is 1.